The number of hydrogen-bond acceptors (Lipinski definition) is 4. The number of halogens is 1. The van der Waals surface area contributed by atoms with Crippen LogP contribution in [0.25, 0.3) is 0 Å². The van der Waals surface area contributed by atoms with Gasteiger partial charge in [-0.3, -0.25) is 4.79 Å². The summed E-state index contributed by atoms with van der Waals surface area (Å²) in [5.74, 6) is -0.143. The molecular formula is C10H14BrNO2S. The topological polar surface area (TPSA) is 38.3 Å². The summed E-state index contributed by atoms with van der Waals surface area (Å²) < 4.78 is 5.94. The zero-order valence-corrected chi connectivity index (χ0v) is 11.0. The van der Waals surface area contributed by atoms with Crippen molar-refractivity contribution < 1.29 is 9.53 Å². The summed E-state index contributed by atoms with van der Waals surface area (Å²) in [5, 5.41) is 5.23. The summed E-state index contributed by atoms with van der Waals surface area (Å²) >= 11 is 5.14. The summed E-state index contributed by atoms with van der Waals surface area (Å²) in [7, 11) is 0. The number of esters is 1. The van der Waals surface area contributed by atoms with Crippen molar-refractivity contribution in [1.82, 2.24) is 5.32 Å². The number of rotatable bonds is 6. The third-order valence-electron chi connectivity index (χ3n) is 1.79. The Labute approximate surface area is 102 Å². The van der Waals surface area contributed by atoms with Crippen molar-refractivity contribution in [2.75, 3.05) is 13.2 Å². The summed E-state index contributed by atoms with van der Waals surface area (Å²) in [6.07, 6.45) is 0.427. The van der Waals surface area contributed by atoms with Crippen LogP contribution in [0.5, 0.6) is 0 Å². The molecule has 0 bridgehead atoms. The molecule has 0 radical (unpaired) electrons. The van der Waals surface area contributed by atoms with Gasteiger partial charge in [0.1, 0.15) is 0 Å². The standard InChI is InChI=1S/C10H14BrNO2S/c1-2-14-10(13)3-5-12-7-9-8(11)4-6-15-9/h4,6,12H,2-3,5,7H2,1H3. The van der Waals surface area contributed by atoms with Gasteiger partial charge in [-0.2, -0.15) is 0 Å². The van der Waals surface area contributed by atoms with Gasteiger partial charge >= 0.3 is 5.97 Å². The summed E-state index contributed by atoms with van der Waals surface area (Å²) in [5.41, 5.74) is 0. The maximum absolute atomic E-state index is 11.0. The van der Waals surface area contributed by atoms with Gasteiger partial charge < -0.3 is 10.1 Å². The molecule has 1 rings (SSSR count). The highest BCUT2D eigenvalue weighted by Crippen LogP contribution is 2.21. The van der Waals surface area contributed by atoms with E-state index in [9.17, 15) is 4.79 Å². The first-order valence-electron chi connectivity index (χ1n) is 4.82. The minimum atomic E-state index is -0.143. The van der Waals surface area contributed by atoms with Crippen molar-refractivity contribution in [3.8, 4) is 0 Å². The van der Waals surface area contributed by atoms with E-state index < -0.39 is 0 Å². The smallest absolute Gasteiger partial charge is 0.307 e. The second-order valence-corrected chi connectivity index (χ2v) is 4.78. The molecule has 0 unspecified atom stereocenters. The molecule has 0 atom stereocenters. The molecule has 0 saturated heterocycles. The van der Waals surface area contributed by atoms with E-state index in [1.165, 1.54) is 4.88 Å². The molecular weight excluding hydrogens is 278 g/mol. The van der Waals surface area contributed by atoms with Crippen molar-refractivity contribution in [3.05, 3.63) is 20.8 Å². The van der Waals surface area contributed by atoms with Crippen molar-refractivity contribution >= 4 is 33.2 Å². The number of ether oxygens (including phenoxy) is 1. The Kier molecular flexibility index (Phi) is 5.90. The maximum atomic E-state index is 11.0. The lowest BCUT2D eigenvalue weighted by Gasteiger charge is -2.03. The molecule has 0 aliphatic carbocycles. The number of hydrogen-bond donors (Lipinski definition) is 1. The van der Waals surface area contributed by atoms with Gasteiger partial charge in [0, 0.05) is 22.4 Å². The first-order chi connectivity index (χ1) is 7.24. The zero-order chi connectivity index (χ0) is 11.1. The van der Waals surface area contributed by atoms with Gasteiger partial charge in [0.2, 0.25) is 0 Å². The Morgan fingerprint density at radius 2 is 2.47 bits per heavy atom. The van der Waals surface area contributed by atoms with E-state index >= 15 is 0 Å². The molecule has 0 spiro atoms. The highest BCUT2D eigenvalue weighted by atomic mass is 79.9. The van der Waals surface area contributed by atoms with Crippen LogP contribution in [0.4, 0.5) is 0 Å². The van der Waals surface area contributed by atoms with Crippen LogP contribution in [-0.4, -0.2) is 19.1 Å². The lowest BCUT2D eigenvalue weighted by molar-refractivity contribution is -0.142. The van der Waals surface area contributed by atoms with Gasteiger partial charge in [-0.1, -0.05) is 0 Å². The van der Waals surface area contributed by atoms with Crippen molar-refractivity contribution in [2.24, 2.45) is 0 Å². The van der Waals surface area contributed by atoms with Crippen LogP contribution in [0.3, 0.4) is 0 Å². The van der Waals surface area contributed by atoms with E-state index in [-0.39, 0.29) is 5.97 Å². The normalized spacial score (nSPS) is 10.3. The average Bonchev–Trinajstić information content (AvgIpc) is 2.60. The number of thiophene rings is 1. The van der Waals surface area contributed by atoms with Crippen molar-refractivity contribution in [2.45, 2.75) is 19.9 Å². The molecule has 1 heterocycles. The van der Waals surface area contributed by atoms with Crippen LogP contribution < -0.4 is 5.32 Å². The molecule has 0 aliphatic heterocycles. The van der Waals surface area contributed by atoms with E-state index in [0.717, 1.165) is 11.0 Å². The highest BCUT2D eigenvalue weighted by molar-refractivity contribution is 9.10. The quantitative estimate of drug-likeness (QED) is 0.647. The molecule has 84 valence electrons. The molecule has 0 amide bonds. The van der Waals surface area contributed by atoms with Crippen LogP contribution in [0.15, 0.2) is 15.9 Å². The number of carbonyl (C=O) groups is 1. The third kappa shape index (κ3) is 4.77. The highest BCUT2D eigenvalue weighted by Gasteiger charge is 2.02. The van der Waals surface area contributed by atoms with Crippen LogP contribution in [0, 0.1) is 0 Å². The van der Waals surface area contributed by atoms with Crippen molar-refractivity contribution in [3.63, 3.8) is 0 Å². The molecule has 0 saturated carbocycles. The summed E-state index contributed by atoms with van der Waals surface area (Å²) in [4.78, 5) is 12.3. The van der Waals surface area contributed by atoms with Gasteiger partial charge in [-0.05, 0) is 34.3 Å². The monoisotopic (exact) mass is 291 g/mol. The largest absolute Gasteiger partial charge is 0.466 e. The molecule has 5 heteroatoms. The Morgan fingerprint density at radius 1 is 1.67 bits per heavy atom. The van der Waals surface area contributed by atoms with E-state index in [4.69, 9.17) is 4.74 Å². The second kappa shape index (κ2) is 6.98. The SMILES string of the molecule is CCOC(=O)CCNCc1sccc1Br. The fourth-order valence-corrected chi connectivity index (χ4v) is 2.54. The van der Waals surface area contributed by atoms with Crippen LogP contribution >= 0.6 is 27.3 Å². The number of nitrogens with one attached hydrogen (secondary N) is 1. The second-order valence-electron chi connectivity index (χ2n) is 2.92. The van der Waals surface area contributed by atoms with Gasteiger partial charge in [0.05, 0.1) is 13.0 Å². The van der Waals surface area contributed by atoms with E-state index in [2.05, 4.69) is 21.2 Å². The van der Waals surface area contributed by atoms with E-state index in [1.54, 1.807) is 11.3 Å². The summed E-state index contributed by atoms with van der Waals surface area (Å²) in [6.45, 7) is 3.71. The predicted octanol–water partition coefficient (Wildman–Crippen LogP) is 2.55. The summed E-state index contributed by atoms with van der Waals surface area (Å²) in [6, 6.07) is 2.02. The molecule has 0 fully saturated rings. The maximum Gasteiger partial charge on any atom is 0.307 e. The molecule has 1 aromatic heterocycles. The molecule has 1 aromatic rings. The lowest BCUT2D eigenvalue weighted by atomic mass is 10.4. The van der Waals surface area contributed by atoms with Gasteiger partial charge in [-0.25, -0.2) is 0 Å². The first-order valence-corrected chi connectivity index (χ1v) is 6.49. The Bertz CT molecular complexity index is 314. The minimum Gasteiger partial charge on any atom is -0.466 e. The van der Waals surface area contributed by atoms with Gasteiger partial charge in [0.25, 0.3) is 0 Å². The Balaban J connectivity index is 2.12. The predicted molar refractivity (Wildman–Crippen MR) is 65.0 cm³/mol. The molecule has 1 N–H and O–H groups in total. The molecule has 15 heavy (non-hydrogen) atoms. The third-order valence-corrected chi connectivity index (χ3v) is 3.71. The lowest BCUT2D eigenvalue weighted by Crippen LogP contribution is -2.18. The molecule has 3 nitrogen and oxygen atoms in total. The zero-order valence-electron chi connectivity index (χ0n) is 8.59. The average molecular weight is 292 g/mol. The van der Waals surface area contributed by atoms with Gasteiger partial charge in [0.15, 0.2) is 0 Å². The van der Waals surface area contributed by atoms with E-state index in [1.807, 2.05) is 18.4 Å². The fourth-order valence-electron chi connectivity index (χ4n) is 1.08. The van der Waals surface area contributed by atoms with Crippen molar-refractivity contribution in [1.29, 1.82) is 0 Å². The van der Waals surface area contributed by atoms with E-state index in [0.29, 0.717) is 19.6 Å². The fraction of sp³-hybridized carbons (Fsp3) is 0.500. The minimum absolute atomic E-state index is 0.143. The van der Waals surface area contributed by atoms with Crippen LogP contribution in [0.1, 0.15) is 18.2 Å². The Hall–Kier alpha value is -0.390. The van der Waals surface area contributed by atoms with Crippen LogP contribution in [-0.2, 0) is 16.1 Å². The Morgan fingerprint density at radius 3 is 3.07 bits per heavy atom. The molecule has 0 aliphatic rings. The van der Waals surface area contributed by atoms with Gasteiger partial charge in [-0.15, -0.1) is 11.3 Å². The number of carbonyl (C=O) groups excluding carboxylic acids is 1. The first kappa shape index (κ1) is 12.7. The van der Waals surface area contributed by atoms with Crippen LogP contribution in [0.2, 0.25) is 0 Å². The molecule has 0 aromatic carbocycles.